The van der Waals surface area contributed by atoms with Crippen molar-refractivity contribution in [2.24, 2.45) is 0 Å². The number of carbonyl (C=O) groups is 2. The van der Waals surface area contributed by atoms with Crippen LogP contribution >= 0.6 is 11.8 Å². The smallest absolute Gasteiger partial charge is 0.338 e. The van der Waals surface area contributed by atoms with E-state index in [-0.39, 0.29) is 17.8 Å². The van der Waals surface area contributed by atoms with Gasteiger partial charge in [-0.05, 0) is 29.5 Å². The van der Waals surface area contributed by atoms with Gasteiger partial charge in [-0.2, -0.15) is 0 Å². The van der Waals surface area contributed by atoms with Crippen molar-refractivity contribution in [3.05, 3.63) is 60.2 Å². The second kappa shape index (κ2) is 8.52. The molecule has 4 rings (SSSR count). The SMILES string of the molecule is CC(=O)O[C@H]1C[C@H](OC(=O)c2ccccc2)[C@@H](COn2nnc3ccccc32)S1. The molecule has 1 saturated heterocycles. The first-order valence-corrected chi connectivity index (χ1v) is 10.1. The van der Waals surface area contributed by atoms with Gasteiger partial charge >= 0.3 is 11.9 Å². The van der Waals surface area contributed by atoms with E-state index in [1.165, 1.54) is 23.5 Å². The summed E-state index contributed by atoms with van der Waals surface area (Å²) in [7, 11) is 0. The summed E-state index contributed by atoms with van der Waals surface area (Å²) in [5.74, 6) is -0.796. The van der Waals surface area contributed by atoms with Crippen LogP contribution in [0.3, 0.4) is 0 Å². The number of hydrogen-bond acceptors (Lipinski definition) is 8. The largest absolute Gasteiger partial charge is 0.457 e. The molecule has 1 fully saturated rings. The molecule has 1 aliphatic heterocycles. The van der Waals surface area contributed by atoms with Gasteiger partial charge in [0.05, 0.1) is 10.8 Å². The summed E-state index contributed by atoms with van der Waals surface area (Å²) in [6.45, 7) is 1.57. The van der Waals surface area contributed by atoms with Gasteiger partial charge in [0.25, 0.3) is 0 Å². The van der Waals surface area contributed by atoms with Crippen molar-refractivity contribution in [2.75, 3.05) is 6.61 Å². The van der Waals surface area contributed by atoms with E-state index < -0.39 is 17.5 Å². The highest BCUT2D eigenvalue weighted by Crippen LogP contribution is 2.37. The summed E-state index contributed by atoms with van der Waals surface area (Å²) >= 11 is 1.40. The molecule has 3 aromatic rings. The van der Waals surface area contributed by atoms with Crippen LogP contribution in [-0.4, -0.2) is 50.5 Å². The van der Waals surface area contributed by atoms with E-state index in [1.54, 1.807) is 24.3 Å². The molecule has 0 aliphatic carbocycles. The molecule has 0 unspecified atom stereocenters. The topological polar surface area (TPSA) is 92.5 Å². The van der Waals surface area contributed by atoms with Crippen molar-refractivity contribution in [2.45, 2.75) is 30.1 Å². The lowest BCUT2D eigenvalue weighted by molar-refractivity contribution is -0.142. The fourth-order valence-electron chi connectivity index (χ4n) is 3.08. The lowest BCUT2D eigenvalue weighted by Crippen LogP contribution is -2.32. The Bertz CT molecular complexity index is 1010. The highest BCUT2D eigenvalue weighted by Gasteiger charge is 2.40. The van der Waals surface area contributed by atoms with Gasteiger partial charge < -0.3 is 14.3 Å². The number of carbonyl (C=O) groups excluding carboxylic acids is 2. The van der Waals surface area contributed by atoms with Gasteiger partial charge in [-0.15, -0.1) is 16.9 Å². The number of nitrogens with zero attached hydrogens (tertiary/aromatic N) is 3. The molecule has 0 amide bonds. The molecular weight excluding hydrogens is 394 g/mol. The number of ether oxygens (including phenoxy) is 2. The maximum absolute atomic E-state index is 12.5. The van der Waals surface area contributed by atoms with E-state index in [9.17, 15) is 9.59 Å². The number of fused-ring (bicyclic) bond motifs is 1. The van der Waals surface area contributed by atoms with Crippen molar-refractivity contribution >= 4 is 34.7 Å². The van der Waals surface area contributed by atoms with E-state index in [0.29, 0.717) is 12.0 Å². The molecule has 150 valence electrons. The van der Waals surface area contributed by atoms with Crippen molar-refractivity contribution in [1.82, 2.24) is 15.2 Å². The van der Waals surface area contributed by atoms with Gasteiger partial charge in [-0.1, -0.05) is 35.2 Å². The molecule has 0 spiro atoms. The molecular formula is C20H19N3O5S. The number of esters is 2. The number of aromatic nitrogens is 3. The van der Waals surface area contributed by atoms with E-state index in [0.717, 1.165) is 11.0 Å². The van der Waals surface area contributed by atoms with Crippen molar-refractivity contribution in [1.29, 1.82) is 0 Å². The molecule has 2 aromatic carbocycles. The zero-order valence-corrected chi connectivity index (χ0v) is 16.5. The Kier molecular flexibility index (Phi) is 5.66. The van der Waals surface area contributed by atoms with Crippen LogP contribution in [0.5, 0.6) is 0 Å². The first-order valence-electron chi connectivity index (χ1n) is 9.12. The Hall–Kier alpha value is -3.07. The van der Waals surface area contributed by atoms with Gasteiger partial charge in [-0.3, -0.25) is 4.79 Å². The van der Waals surface area contributed by atoms with Crippen LogP contribution in [0, 0.1) is 0 Å². The molecule has 0 saturated carbocycles. The molecule has 0 bridgehead atoms. The second-order valence-electron chi connectivity index (χ2n) is 6.51. The summed E-state index contributed by atoms with van der Waals surface area (Å²) in [6.07, 6.45) is -0.0681. The van der Waals surface area contributed by atoms with Crippen LogP contribution in [0.2, 0.25) is 0 Å². The molecule has 0 radical (unpaired) electrons. The lowest BCUT2D eigenvalue weighted by Gasteiger charge is -2.18. The third-order valence-corrected chi connectivity index (χ3v) is 5.80. The predicted molar refractivity (Wildman–Crippen MR) is 106 cm³/mol. The van der Waals surface area contributed by atoms with Gasteiger partial charge in [0.1, 0.15) is 23.7 Å². The van der Waals surface area contributed by atoms with Gasteiger partial charge in [0.15, 0.2) is 5.44 Å². The second-order valence-corrected chi connectivity index (χ2v) is 7.91. The molecule has 8 nitrogen and oxygen atoms in total. The summed E-state index contributed by atoms with van der Waals surface area (Å²) in [5, 5.41) is 7.82. The fraction of sp³-hybridized carbons (Fsp3) is 0.300. The number of rotatable bonds is 6. The van der Waals surface area contributed by atoms with Crippen molar-refractivity contribution in [3.8, 4) is 0 Å². The van der Waals surface area contributed by atoms with Gasteiger partial charge in [-0.25, -0.2) is 4.79 Å². The first-order chi connectivity index (χ1) is 14.1. The van der Waals surface area contributed by atoms with Crippen LogP contribution in [0.4, 0.5) is 0 Å². The van der Waals surface area contributed by atoms with Gasteiger partial charge in [0, 0.05) is 13.3 Å². The summed E-state index contributed by atoms with van der Waals surface area (Å²) in [5.41, 5.74) is 1.53. The highest BCUT2D eigenvalue weighted by atomic mass is 32.2. The average Bonchev–Trinajstić information content (AvgIpc) is 3.30. The quantitative estimate of drug-likeness (QED) is 0.569. The fourth-order valence-corrected chi connectivity index (χ4v) is 4.44. The zero-order chi connectivity index (χ0) is 20.2. The monoisotopic (exact) mass is 413 g/mol. The molecule has 0 N–H and O–H groups in total. The van der Waals surface area contributed by atoms with Gasteiger partial charge in [0.2, 0.25) is 0 Å². The normalized spacial score (nSPS) is 21.1. The van der Waals surface area contributed by atoms with Crippen LogP contribution in [0.25, 0.3) is 11.0 Å². The van der Waals surface area contributed by atoms with E-state index in [2.05, 4.69) is 10.3 Å². The third kappa shape index (κ3) is 4.51. The molecule has 9 heteroatoms. The molecule has 1 aromatic heterocycles. The minimum atomic E-state index is -0.466. The maximum atomic E-state index is 12.5. The average molecular weight is 413 g/mol. The summed E-state index contributed by atoms with van der Waals surface area (Å²) in [6, 6.07) is 16.2. The first kappa shape index (κ1) is 19.3. The molecule has 29 heavy (non-hydrogen) atoms. The highest BCUT2D eigenvalue weighted by molar-refractivity contribution is 8.00. The molecule has 3 atom stereocenters. The number of para-hydroxylation sites is 1. The minimum absolute atomic E-state index is 0.211. The Morgan fingerprint density at radius 1 is 1.10 bits per heavy atom. The summed E-state index contributed by atoms with van der Waals surface area (Å²) in [4.78, 5) is 31.0. The van der Waals surface area contributed by atoms with E-state index in [4.69, 9.17) is 14.3 Å². The lowest BCUT2D eigenvalue weighted by atomic mass is 10.2. The van der Waals surface area contributed by atoms with Crippen molar-refractivity contribution < 1.29 is 23.9 Å². The molecule has 2 heterocycles. The number of benzene rings is 2. The van der Waals surface area contributed by atoms with Crippen molar-refractivity contribution in [3.63, 3.8) is 0 Å². The van der Waals surface area contributed by atoms with Crippen LogP contribution in [0.15, 0.2) is 54.6 Å². The maximum Gasteiger partial charge on any atom is 0.338 e. The third-order valence-electron chi connectivity index (χ3n) is 4.41. The standard InChI is InChI=1S/C20H19N3O5S/c1-13(24)27-19-11-17(28-20(25)14-7-3-2-4-8-14)18(29-19)12-26-23-16-10-6-5-9-15(16)21-22-23/h2-10,17-19H,11-12H2,1H3/t17-,18+,19+/m0/s1. The molecule has 1 aliphatic rings. The predicted octanol–water partition coefficient (Wildman–Crippen LogP) is 2.48. The summed E-state index contributed by atoms with van der Waals surface area (Å²) < 4.78 is 11.0. The minimum Gasteiger partial charge on any atom is -0.457 e. The van der Waals surface area contributed by atoms with Crippen LogP contribution in [0.1, 0.15) is 23.7 Å². The van der Waals surface area contributed by atoms with Crippen LogP contribution in [-0.2, 0) is 14.3 Å². The van der Waals surface area contributed by atoms with E-state index in [1.807, 2.05) is 30.3 Å². The Balaban J connectivity index is 1.45. The van der Waals surface area contributed by atoms with Crippen LogP contribution < -0.4 is 4.84 Å². The zero-order valence-electron chi connectivity index (χ0n) is 15.6. The number of hydrogen-bond donors (Lipinski definition) is 0. The Labute approximate surface area is 171 Å². The Morgan fingerprint density at radius 2 is 1.86 bits per heavy atom. The number of thioether (sulfide) groups is 1. The van der Waals surface area contributed by atoms with E-state index >= 15 is 0 Å². The Morgan fingerprint density at radius 3 is 2.66 bits per heavy atom.